The maximum Gasteiger partial charge on any atom is 0 e. The summed E-state index contributed by atoms with van der Waals surface area (Å²) >= 11 is 0. The minimum Gasteiger partial charge on any atom is 0 e. The molecule has 0 rings (SSSR count). The van der Waals surface area contributed by atoms with E-state index < -0.39 is 0 Å². The Bertz CT molecular complexity index is 8.00. The van der Waals surface area contributed by atoms with Gasteiger partial charge in [-0.25, -0.2) is 0 Å². The summed E-state index contributed by atoms with van der Waals surface area (Å²) in [7, 11) is 0. The van der Waals surface area contributed by atoms with Gasteiger partial charge in [-0.3, -0.25) is 0 Å². The van der Waals surface area contributed by atoms with Crippen molar-refractivity contribution in [2.75, 3.05) is 0 Å². The van der Waals surface area contributed by atoms with E-state index in [1.807, 2.05) is 0 Å². The van der Waals surface area contributed by atoms with Gasteiger partial charge in [-0.15, -0.1) is 0 Å². The molecule has 1 radical (unpaired) electrons. The second kappa shape index (κ2) is 16.7. The molecule has 25 valence electrons. The molecule has 0 heterocycles. The topological polar surface area (TPSA) is 0 Å². The van der Waals surface area contributed by atoms with Gasteiger partial charge in [-0.2, -0.15) is 0 Å². The van der Waals surface area contributed by atoms with E-state index in [9.17, 15) is 0 Å². The van der Waals surface area contributed by atoms with Crippen molar-refractivity contribution in [2.45, 2.75) is 0 Å². The third-order valence-corrected chi connectivity index (χ3v) is 0. The fraction of sp³-hybridized carbons (Fsp3) is 0. The first-order chi connectivity index (χ1) is 0. The van der Waals surface area contributed by atoms with Crippen LogP contribution in [-0.2, 0) is 66.5 Å². The summed E-state index contributed by atoms with van der Waals surface area (Å²) in [6.45, 7) is 0. The molecule has 0 nitrogen and oxygen atoms in total. The van der Waals surface area contributed by atoms with E-state index in [0.717, 1.165) is 0 Å². The second-order valence-corrected chi connectivity index (χ2v) is 0. The van der Waals surface area contributed by atoms with Crippen LogP contribution in [0.1, 0.15) is 0 Å². The maximum absolute atomic E-state index is 0. The molecule has 0 unspecified atom stereocenters. The molecule has 0 spiro atoms. The van der Waals surface area contributed by atoms with Crippen molar-refractivity contribution in [1.29, 1.82) is 0 Å². The van der Waals surface area contributed by atoms with Gasteiger partial charge in [0, 0.05) is 66.5 Å². The van der Waals surface area contributed by atoms with Gasteiger partial charge in [-0.1, -0.05) is 0 Å². The Hall–Kier alpha value is 2.97. The molecular formula is H4CuHgSnTi. The Balaban J connectivity index is 0. The van der Waals surface area contributed by atoms with Crippen molar-refractivity contribution < 1.29 is 66.5 Å². The molecule has 0 aromatic rings. The van der Waals surface area contributed by atoms with Crippen LogP contribution in [0.4, 0.5) is 0 Å². The van der Waals surface area contributed by atoms with E-state index in [4.69, 9.17) is 0 Å². The van der Waals surface area contributed by atoms with Crippen LogP contribution in [0.3, 0.4) is 0 Å². The van der Waals surface area contributed by atoms with Crippen LogP contribution >= 0.6 is 0 Å². The first-order valence-corrected chi connectivity index (χ1v) is 0. The Labute approximate surface area is 88.7 Å². The zero-order valence-electron chi connectivity index (χ0n) is 1.51. The Morgan fingerprint density at radius 1 is 1.00 bits per heavy atom. The van der Waals surface area contributed by atoms with E-state index in [2.05, 4.69) is 0 Å². The van der Waals surface area contributed by atoms with Gasteiger partial charge >= 0.3 is 23.9 Å². The van der Waals surface area contributed by atoms with E-state index >= 15 is 0 Å². The largest absolute Gasteiger partial charge is 0 e. The predicted octanol–water partition coefficient (Wildman–Crippen LogP) is -1.46. The molecule has 0 aromatic heterocycles. The van der Waals surface area contributed by atoms with Gasteiger partial charge in [0.2, 0.25) is 0 Å². The predicted molar refractivity (Wildman–Crippen MR) is 11.3 cm³/mol. The van der Waals surface area contributed by atoms with Crippen LogP contribution in [0.15, 0.2) is 0 Å². The summed E-state index contributed by atoms with van der Waals surface area (Å²) in [4.78, 5) is 0. The van der Waals surface area contributed by atoms with Gasteiger partial charge in [-0.05, 0) is 0 Å². The first-order valence-electron chi connectivity index (χ1n) is 0. The molecule has 0 aliphatic carbocycles. The van der Waals surface area contributed by atoms with Crippen molar-refractivity contribution in [3.63, 3.8) is 0 Å². The summed E-state index contributed by atoms with van der Waals surface area (Å²) in [5.74, 6) is 0. The van der Waals surface area contributed by atoms with E-state index in [1.165, 1.54) is 0 Å². The molecule has 0 saturated heterocycles. The van der Waals surface area contributed by atoms with Crippen molar-refractivity contribution in [1.82, 2.24) is 0 Å². The fourth-order valence-electron chi connectivity index (χ4n) is 0. The minimum atomic E-state index is 0. The average Bonchev–Trinajstić information content (AvgIpc) is 0. The van der Waals surface area contributed by atoms with Crippen LogP contribution in [0.25, 0.3) is 0 Å². The third kappa shape index (κ3) is 8.88. The number of hydrogen-bond acceptors (Lipinski definition) is 0. The third-order valence-electron chi connectivity index (χ3n) is 0. The van der Waals surface area contributed by atoms with Crippen molar-refractivity contribution in [2.24, 2.45) is 0 Å². The Morgan fingerprint density at radius 2 is 1.00 bits per heavy atom. The number of rotatable bonds is 0. The summed E-state index contributed by atoms with van der Waals surface area (Å²) in [6, 6.07) is 0. The molecule has 0 aliphatic rings. The van der Waals surface area contributed by atoms with Gasteiger partial charge in [0.15, 0.2) is 0 Å². The zero-order chi connectivity index (χ0) is 0. The standard InChI is InChI=1S/Cu.Hg.Sn.Ti.4H. The molecule has 0 fully saturated rings. The van der Waals surface area contributed by atoms with Gasteiger partial charge in [0.1, 0.15) is 0 Å². The maximum atomic E-state index is 0. The van der Waals surface area contributed by atoms with Gasteiger partial charge < -0.3 is 0 Å². The second-order valence-electron chi connectivity index (χ2n) is 0. The van der Waals surface area contributed by atoms with Crippen LogP contribution in [-0.4, -0.2) is 23.9 Å². The van der Waals surface area contributed by atoms with E-state index in [0.29, 0.717) is 0 Å². The van der Waals surface area contributed by atoms with Crippen molar-refractivity contribution in [3.8, 4) is 0 Å². The van der Waals surface area contributed by atoms with Crippen molar-refractivity contribution >= 4 is 23.9 Å². The van der Waals surface area contributed by atoms with E-state index in [-0.39, 0.29) is 90.4 Å². The summed E-state index contributed by atoms with van der Waals surface area (Å²) in [5, 5.41) is 0. The van der Waals surface area contributed by atoms with Crippen LogP contribution in [0.5, 0.6) is 0 Å². The molecular weight excluding hydrogens is 431 g/mol. The summed E-state index contributed by atoms with van der Waals surface area (Å²) < 4.78 is 0. The van der Waals surface area contributed by atoms with Crippen LogP contribution < -0.4 is 0 Å². The Morgan fingerprint density at radius 3 is 1.00 bits per heavy atom. The molecule has 0 bridgehead atoms. The van der Waals surface area contributed by atoms with E-state index in [1.54, 1.807) is 0 Å². The molecule has 0 N–H and O–H groups in total. The van der Waals surface area contributed by atoms with Gasteiger partial charge in [0.25, 0.3) is 0 Å². The fourth-order valence-corrected chi connectivity index (χ4v) is 0. The average molecular weight is 435 g/mol. The normalized spacial score (nSPS) is 0. The number of hydrogen-bond donors (Lipinski definition) is 0. The quantitative estimate of drug-likeness (QED) is 0.409. The first kappa shape index (κ1) is 28.2. The monoisotopic (exact) mass is 437 g/mol. The van der Waals surface area contributed by atoms with Gasteiger partial charge in [0.05, 0.1) is 0 Å². The molecule has 0 aliphatic heterocycles. The SMILES string of the molecule is [Cu].[Hg].[SnH4].[Ti]. The zero-order valence-corrected chi connectivity index (χ0v) is 9.51. The molecule has 0 amide bonds. The summed E-state index contributed by atoms with van der Waals surface area (Å²) in [6.07, 6.45) is 0. The smallest absolute Gasteiger partial charge is 0 e. The Kier molecular flexibility index (Phi) is 118. The molecule has 4 heteroatoms. The van der Waals surface area contributed by atoms with Crippen LogP contribution in [0, 0.1) is 0 Å². The minimum absolute atomic E-state index is 0. The summed E-state index contributed by atoms with van der Waals surface area (Å²) in [5.41, 5.74) is 0. The molecule has 4 heavy (non-hydrogen) atoms. The van der Waals surface area contributed by atoms with Crippen LogP contribution in [0.2, 0.25) is 0 Å². The molecule has 0 saturated carbocycles. The molecule has 0 atom stereocenters. The van der Waals surface area contributed by atoms with Crippen molar-refractivity contribution in [3.05, 3.63) is 0 Å². The molecule has 0 aromatic carbocycles.